The molecule has 0 N–H and O–H groups in total. The minimum absolute atomic E-state index is 0. The Balaban J connectivity index is 0.00000225. The molecular formula is C27H31Zr-. The molecule has 0 saturated heterocycles. The molecule has 0 saturated carbocycles. The van der Waals surface area contributed by atoms with Crippen LogP contribution in [0, 0.1) is 13.0 Å². The fourth-order valence-electron chi connectivity index (χ4n) is 4.55. The molecule has 0 radical (unpaired) electrons. The van der Waals surface area contributed by atoms with E-state index in [9.17, 15) is 0 Å². The van der Waals surface area contributed by atoms with Crippen LogP contribution in [0.15, 0.2) is 36.4 Å². The third-order valence-corrected chi connectivity index (χ3v) is 6.03. The van der Waals surface area contributed by atoms with E-state index < -0.39 is 0 Å². The molecule has 0 amide bonds. The molecule has 1 heteroatoms. The summed E-state index contributed by atoms with van der Waals surface area (Å²) < 4.78 is 0. The molecule has 0 heterocycles. The Hall–Kier alpha value is -1.20. The van der Waals surface area contributed by atoms with Crippen molar-refractivity contribution in [1.29, 1.82) is 0 Å². The molecule has 0 nitrogen and oxygen atoms in total. The molecule has 2 aromatic carbocycles. The third-order valence-electron chi connectivity index (χ3n) is 6.03. The molecule has 0 spiro atoms. The quantitative estimate of drug-likeness (QED) is 0.344. The number of allylic oxidation sites excluding steroid dienone is 4. The summed E-state index contributed by atoms with van der Waals surface area (Å²) in [4.78, 5) is 0. The summed E-state index contributed by atoms with van der Waals surface area (Å²) in [5.41, 5.74) is 13.1. The molecule has 2 aliphatic carbocycles. The Bertz CT molecular complexity index is 988. The number of rotatable bonds is 1. The van der Waals surface area contributed by atoms with Crippen molar-refractivity contribution in [3.8, 4) is 11.1 Å². The van der Waals surface area contributed by atoms with E-state index in [-0.39, 0.29) is 37.0 Å². The molecule has 0 aliphatic heterocycles. The largest absolute Gasteiger partial charge is 0.175 e. The first kappa shape index (κ1) is 21.5. The van der Waals surface area contributed by atoms with Crippen LogP contribution in [0.3, 0.4) is 0 Å². The van der Waals surface area contributed by atoms with Gasteiger partial charge in [0.2, 0.25) is 0 Å². The van der Waals surface area contributed by atoms with Crippen molar-refractivity contribution >= 4 is 5.57 Å². The van der Waals surface area contributed by atoms with Crippen molar-refractivity contribution in [1.82, 2.24) is 0 Å². The predicted molar refractivity (Wildman–Crippen MR) is 117 cm³/mol. The maximum Gasteiger partial charge on any atom is 0 e. The average Bonchev–Trinajstić information content (AvgIpc) is 3.19. The summed E-state index contributed by atoms with van der Waals surface area (Å²) in [6, 6.07) is 11.0. The summed E-state index contributed by atoms with van der Waals surface area (Å²) in [6.45, 7) is 16.2. The molecule has 0 fully saturated rings. The standard InChI is InChI=1S/C27H31.Zr/c1-17-24-20(14-19-15-21(26(2,3)4)12-13-22(19)24)16-23(27(5,6)7)25(17)18-10-8-9-11-18;/h8-10,12-13,15H,11,14H2,1-7H3;/q-1;. The Morgan fingerprint density at radius 2 is 1.64 bits per heavy atom. The number of hydrogen-bond acceptors (Lipinski definition) is 0. The predicted octanol–water partition coefficient (Wildman–Crippen LogP) is 7.30. The second-order valence-corrected chi connectivity index (χ2v) is 10.2. The maximum absolute atomic E-state index is 3.89. The molecule has 2 aromatic rings. The van der Waals surface area contributed by atoms with Crippen LogP contribution in [0.2, 0.25) is 0 Å². The van der Waals surface area contributed by atoms with E-state index in [4.69, 9.17) is 0 Å². The summed E-state index contributed by atoms with van der Waals surface area (Å²) in [5, 5.41) is 0. The zero-order valence-electron chi connectivity index (χ0n) is 18.4. The van der Waals surface area contributed by atoms with Crippen LogP contribution in [0.5, 0.6) is 0 Å². The number of benzene rings is 2. The fourth-order valence-corrected chi connectivity index (χ4v) is 4.55. The Morgan fingerprint density at radius 1 is 0.929 bits per heavy atom. The van der Waals surface area contributed by atoms with E-state index in [1.165, 1.54) is 50.1 Å². The van der Waals surface area contributed by atoms with E-state index in [2.05, 4.69) is 91.0 Å². The topological polar surface area (TPSA) is 0 Å². The van der Waals surface area contributed by atoms with Crippen molar-refractivity contribution in [3.05, 3.63) is 75.9 Å². The van der Waals surface area contributed by atoms with Crippen LogP contribution in [0.1, 0.15) is 81.3 Å². The second kappa shape index (κ2) is 7.25. The van der Waals surface area contributed by atoms with Crippen LogP contribution in [-0.2, 0) is 43.5 Å². The van der Waals surface area contributed by atoms with Crippen molar-refractivity contribution in [3.63, 3.8) is 0 Å². The van der Waals surface area contributed by atoms with Crippen LogP contribution >= 0.6 is 0 Å². The molecule has 28 heavy (non-hydrogen) atoms. The Morgan fingerprint density at radius 3 is 2.21 bits per heavy atom. The average molecular weight is 447 g/mol. The first-order valence-electron chi connectivity index (χ1n) is 10.2. The summed E-state index contributed by atoms with van der Waals surface area (Å²) >= 11 is 0. The zero-order valence-corrected chi connectivity index (χ0v) is 20.8. The Kier molecular flexibility index (Phi) is 5.57. The summed E-state index contributed by atoms with van der Waals surface area (Å²) in [5.74, 6) is 0. The van der Waals surface area contributed by atoms with E-state index in [0.29, 0.717) is 0 Å². The summed E-state index contributed by atoms with van der Waals surface area (Å²) in [6.07, 6.45) is 8.79. The third kappa shape index (κ3) is 3.56. The van der Waals surface area contributed by atoms with Gasteiger partial charge in [-0.15, -0.1) is 27.8 Å². The van der Waals surface area contributed by atoms with Gasteiger partial charge in [-0.3, -0.25) is 0 Å². The molecular weight excluding hydrogens is 416 g/mol. The number of fused-ring (bicyclic) bond motifs is 3. The van der Waals surface area contributed by atoms with Gasteiger partial charge in [0.05, 0.1) is 0 Å². The van der Waals surface area contributed by atoms with E-state index in [1.807, 2.05) is 0 Å². The van der Waals surface area contributed by atoms with Crippen LogP contribution < -0.4 is 0 Å². The molecule has 0 bridgehead atoms. The van der Waals surface area contributed by atoms with E-state index in [1.54, 1.807) is 0 Å². The van der Waals surface area contributed by atoms with Gasteiger partial charge in [-0.25, -0.2) is 0 Å². The van der Waals surface area contributed by atoms with E-state index in [0.717, 1.165) is 12.8 Å². The Labute approximate surface area is 190 Å². The monoisotopic (exact) mass is 445 g/mol. The van der Waals surface area contributed by atoms with Crippen molar-refractivity contribution < 1.29 is 26.2 Å². The molecule has 0 aromatic heterocycles. The molecule has 0 atom stereocenters. The van der Waals surface area contributed by atoms with Gasteiger partial charge >= 0.3 is 0 Å². The molecule has 144 valence electrons. The summed E-state index contributed by atoms with van der Waals surface area (Å²) in [7, 11) is 0. The first-order chi connectivity index (χ1) is 12.6. The SMILES string of the molecule is Cc1c(C2=CC=CC2)c(C(C)(C)C)[c-]c2c1-c1ccc(C(C)(C)C)cc1C2.[Zr]. The fraction of sp³-hybridized carbons (Fsp3) is 0.407. The van der Waals surface area contributed by atoms with Crippen LogP contribution in [0.4, 0.5) is 0 Å². The minimum Gasteiger partial charge on any atom is -0.175 e. The van der Waals surface area contributed by atoms with Gasteiger partial charge in [0.1, 0.15) is 0 Å². The van der Waals surface area contributed by atoms with Crippen molar-refractivity contribution in [2.75, 3.05) is 0 Å². The van der Waals surface area contributed by atoms with Crippen molar-refractivity contribution in [2.24, 2.45) is 0 Å². The zero-order chi connectivity index (χ0) is 19.6. The van der Waals surface area contributed by atoms with Crippen LogP contribution in [0.25, 0.3) is 16.7 Å². The molecule has 0 unspecified atom stereocenters. The second-order valence-electron chi connectivity index (χ2n) is 10.2. The van der Waals surface area contributed by atoms with Crippen LogP contribution in [-0.4, -0.2) is 0 Å². The van der Waals surface area contributed by atoms with Gasteiger partial charge in [-0.05, 0) is 34.8 Å². The van der Waals surface area contributed by atoms with Gasteiger partial charge in [0.25, 0.3) is 0 Å². The molecule has 4 rings (SSSR count). The van der Waals surface area contributed by atoms with E-state index >= 15 is 0 Å². The molecule has 2 aliphatic rings. The number of hydrogen-bond donors (Lipinski definition) is 0. The minimum atomic E-state index is 0. The van der Waals surface area contributed by atoms with Crippen molar-refractivity contribution in [2.45, 2.75) is 72.1 Å². The maximum atomic E-state index is 3.89. The first-order valence-corrected chi connectivity index (χ1v) is 10.2. The van der Waals surface area contributed by atoms with Gasteiger partial charge in [-0.2, -0.15) is 6.07 Å². The van der Waals surface area contributed by atoms with Gasteiger partial charge < -0.3 is 0 Å². The normalized spacial score (nSPS) is 15.2. The van der Waals surface area contributed by atoms with Gasteiger partial charge in [0, 0.05) is 26.2 Å². The van der Waals surface area contributed by atoms with Gasteiger partial charge in [0.15, 0.2) is 0 Å². The van der Waals surface area contributed by atoms with Gasteiger partial charge in [-0.1, -0.05) is 96.0 Å². The smallest absolute Gasteiger partial charge is 0 e.